The zero-order valence-corrected chi connectivity index (χ0v) is 22.1. The fourth-order valence-corrected chi connectivity index (χ4v) is 5.67. The standard InChI is InChI=1S/C28H21F3N2O4S2/c1-17-11-22(9-10-24(17)37-15-26(34)35)38-16-25-23(14-36-21-4-2-3-18(12-21)13-32)33-27(39-25)19-5-7-20(8-6-19)28(29,30)31/h2-12H,14-16H2,1H3,(H,34,35)/p-1. The van der Waals surface area contributed by atoms with E-state index in [0.717, 1.165) is 27.5 Å². The van der Waals surface area contributed by atoms with E-state index in [1.165, 1.54) is 35.2 Å². The Morgan fingerprint density at radius 1 is 1.10 bits per heavy atom. The Hall–Kier alpha value is -4.01. The van der Waals surface area contributed by atoms with Gasteiger partial charge in [0.2, 0.25) is 0 Å². The number of carbonyl (C=O) groups is 1. The maximum absolute atomic E-state index is 13.0. The van der Waals surface area contributed by atoms with Crippen LogP contribution < -0.4 is 14.6 Å². The Morgan fingerprint density at radius 3 is 2.54 bits per heavy atom. The van der Waals surface area contributed by atoms with Crippen LogP contribution in [0.25, 0.3) is 10.6 Å². The van der Waals surface area contributed by atoms with Gasteiger partial charge in [0.25, 0.3) is 0 Å². The zero-order chi connectivity index (χ0) is 28.0. The van der Waals surface area contributed by atoms with Crippen molar-refractivity contribution in [1.29, 1.82) is 5.26 Å². The number of benzene rings is 3. The van der Waals surface area contributed by atoms with Crippen LogP contribution in [0.3, 0.4) is 0 Å². The van der Waals surface area contributed by atoms with Crippen molar-refractivity contribution in [2.75, 3.05) is 6.61 Å². The summed E-state index contributed by atoms with van der Waals surface area (Å²) in [5, 5.41) is 20.4. The smallest absolute Gasteiger partial charge is 0.416 e. The third-order valence-electron chi connectivity index (χ3n) is 5.44. The molecule has 11 heteroatoms. The minimum absolute atomic E-state index is 0.108. The summed E-state index contributed by atoms with van der Waals surface area (Å²) in [4.78, 5) is 17.1. The first kappa shape index (κ1) is 28.0. The van der Waals surface area contributed by atoms with Gasteiger partial charge in [-0.05, 0) is 61.0 Å². The maximum Gasteiger partial charge on any atom is 0.416 e. The van der Waals surface area contributed by atoms with Gasteiger partial charge in [0.15, 0.2) is 0 Å². The number of nitriles is 1. The molecule has 6 nitrogen and oxygen atoms in total. The van der Waals surface area contributed by atoms with E-state index >= 15 is 0 Å². The molecule has 0 saturated heterocycles. The van der Waals surface area contributed by atoms with Crippen molar-refractivity contribution in [1.82, 2.24) is 4.98 Å². The summed E-state index contributed by atoms with van der Waals surface area (Å²) in [5.74, 6) is 0.142. The molecular formula is C28H20F3N2O4S2-. The van der Waals surface area contributed by atoms with E-state index in [1.807, 2.05) is 12.1 Å². The van der Waals surface area contributed by atoms with Crippen molar-refractivity contribution in [2.45, 2.75) is 30.4 Å². The molecule has 4 aromatic rings. The lowest BCUT2D eigenvalue weighted by Gasteiger charge is -2.11. The number of alkyl halides is 3. The number of ether oxygens (including phenoxy) is 2. The van der Waals surface area contributed by atoms with Crippen LogP contribution in [-0.2, 0) is 23.3 Å². The van der Waals surface area contributed by atoms with Crippen LogP contribution in [0.15, 0.2) is 71.6 Å². The van der Waals surface area contributed by atoms with Crippen LogP contribution in [0.1, 0.15) is 27.3 Å². The second-order valence-electron chi connectivity index (χ2n) is 8.27. The van der Waals surface area contributed by atoms with E-state index in [9.17, 15) is 23.1 Å². The largest absolute Gasteiger partial charge is 0.546 e. The van der Waals surface area contributed by atoms with Gasteiger partial charge in [-0.25, -0.2) is 4.98 Å². The first-order chi connectivity index (χ1) is 18.6. The average Bonchev–Trinajstić information content (AvgIpc) is 3.33. The molecule has 0 fully saturated rings. The first-order valence-corrected chi connectivity index (χ1v) is 13.3. The van der Waals surface area contributed by atoms with E-state index in [1.54, 1.807) is 37.3 Å². The number of nitrogens with zero attached hydrogens (tertiary/aromatic N) is 2. The summed E-state index contributed by atoms with van der Waals surface area (Å²) >= 11 is 2.88. The van der Waals surface area contributed by atoms with Crippen molar-refractivity contribution in [3.8, 4) is 28.1 Å². The number of aryl methyl sites for hydroxylation is 1. The number of halogens is 3. The number of hydrogen-bond donors (Lipinski definition) is 0. The van der Waals surface area contributed by atoms with Crippen LogP contribution >= 0.6 is 23.1 Å². The molecular weight excluding hydrogens is 549 g/mol. The highest BCUT2D eigenvalue weighted by molar-refractivity contribution is 7.98. The lowest BCUT2D eigenvalue weighted by atomic mass is 10.1. The fraction of sp³-hybridized carbons (Fsp3) is 0.179. The monoisotopic (exact) mass is 569 g/mol. The molecule has 0 atom stereocenters. The number of carbonyl (C=O) groups excluding carboxylic acids is 1. The maximum atomic E-state index is 13.0. The van der Waals surface area contributed by atoms with Crippen LogP contribution in [0.5, 0.6) is 11.5 Å². The van der Waals surface area contributed by atoms with Crippen LogP contribution in [0.4, 0.5) is 13.2 Å². The van der Waals surface area contributed by atoms with Crippen molar-refractivity contribution < 1.29 is 32.5 Å². The number of carboxylic acid groups (broad SMARTS) is 1. The quantitative estimate of drug-likeness (QED) is 0.216. The van der Waals surface area contributed by atoms with Gasteiger partial charge in [-0.3, -0.25) is 0 Å². The Kier molecular flexibility index (Phi) is 8.79. The lowest BCUT2D eigenvalue weighted by molar-refractivity contribution is -0.307. The first-order valence-electron chi connectivity index (χ1n) is 11.5. The topological polar surface area (TPSA) is 95.3 Å². The molecule has 1 heterocycles. The summed E-state index contributed by atoms with van der Waals surface area (Å²) in [6.07, 6.45) is -4.43. The van der Waals surface area contributed by atoms with Gasteiger partial charge in [0.05, 0.1) is 28.9 Å². The molecule has 0 spiro atoms. The molecule has 3 aromatic carbocycles. The molecule has 0 aliphatic carbocycles. The zero-order valence-electron chi connectivity index (χ0n) is 20.4. The predicted molar refractivity (Wildman–Crippen MR) is 139 cm³/mol. The predicted octanol–water partition coefficient (Wildman–Crippen LogP) is 6.01. The highest BCUT2D eigenvalue weighted by Gasteiger charge is 2.30. The molecule has 0 amide bonds. The SMILES string of the molecule is Cc1cc(SCc2sc(-c3ccc(C(F)(F)F)cc3)nc2COc2cccc(C#N)c2)ccc1OCC(=O)[O-]. The van der Waals surface area contributed by atoms with Crippen LogP contribution in [-0.4, -0.2) is 17.6 Å². The van der Waals surface area contributed by atoms with Gasteiger partial charge in [-0.15, -0.1) is 23.1 Å². The highest BCUT2D eigenvalue weighted by Crippen LogP contribution is 2.36. The van der Waals surface area contributed by atoms with Gasteiger partial charge in [0, 0.05) is 21.1 Å². The van der Waals surface area contributed by atoms with Gasteiger partial charge in [0.1, 0.15) is 29.7 Å². The van der Waals surface area contributed by atoms with E-state index in [0.29, 0.717) is 39.1 Å². The Morgan fingerprint density at radius 2 is 1.87 bits per heavy atom. The van der Waals surface area contributed by atoms with Gasteiger partial charge >= 0.3 is 6.18 Å². The molecule has 4 rings (SSSR count). The number of thioether (sulfide) groups is 1. The summed E-state index contributed by atoms with van der Waals surface area (Å²) in [5.41, 5.74) is 1.67. The van der Waals surface area contributed by atoms with Crippen LogP contribution in [0.2, 0.25) is 0 Å². The molecule has 0 aliphatic rings. The van der Waals surface area contributed by atoms with E-state index in [-0.39, 0.29) is 6.61 Å². The van der Waals surface area contributed by atoms with Gasteiger partial charge < -0.3 is 19.4 Å². The summed E-state index contributed by atoms with van der Waals surface area (Å²) < 4.78 is 50.1. The second-order valence-corrected chi connectivity index (χ2v) is 10.4. The normalized spacial score (nSPS) is 11.2. The number of carboxylic acids is 1. The minimum atomic E-state index is -4.43. The molecule has 200 valence electrons. The number of hydrogen-bond acceptors (Lipinski definition) is 8. The molecule has 0 N–H and O–H groups in total. The summed E-state index contributed by atoms with van der Waals surface area (Å²) in [6.45, 7) is 1.37. The summed E-state index contributed by atoms with van der Waals surface area (Å²) in [6, 6.07) is 19.0. The van der Waals surface area contributed by atoms with Crippen LogP contribution in [0, 0.1) is 18.3 Å². The second kappa shape index (κ2) is 12.2. The lowest BCUT2D eigenvalue weighted by Crippen LogP contribution is -2.29. The molecule has 0 bridgehead atoms. The van der Waals surface area contributed by atoms with Gasteiger partial charge in [-0.2, -0.15) is 18.4 Å². The third kappa shape index (κ3) is 7.52. The molecule has 0 unspecified atom stereocenters. The molecule has 0 saturated carbocycles. The van der Waals surface area contributed by atoms with Gasteiger partial charge in [-0.1, -0.05) is 18.2 Å². The number of aromatic nitrogens is 1. The van der Waals surface area contributed by atoms with Crippen molar-refractivity contribution >= 4 is 29.1 Å². The number of rotatable bonds is 10. The van der Waals surface area contributed by atoms with Crippen molar-refractivity contribution in [2.24, 2.45) is 0 Å². The third-order valence-corrected chi connectivity index (χ3v) is 7.79. The summed E-state index contributed by atoms with van der Waals surface area (Å²) in [7, 11) is 0. The average molecular weight is 570 g/mol. The number of thiazole rings is 1. The Labute approximate surface area is 230 Å². The molecule has 1 aromatic heterocycles. The Balaban J connectivity index is 1.55. The van der Waals surface area contributed by atoms with Crippen molar-refractivity contribution in [3.05, 3.63) is 94.0 Å². The van der Waals surface area contributed by atoms with E-state index < -0.39 is 24.3 Å². The van der Waals surface area contributed by atoms with E-state index in [2.05, 4.69) is 11.1 Å². The number of aliphatic carboxylic acids is 1. The molecule has 39 heavy (non-hydrogen) atoms. The fourth-order valence-electron chi connectivity index (χ4n) is 3.50. The Bertz CT molecular complexity index is 1510. The minimum Gasteiger partial charge on any atom is -0.546 e. The molecule has 0 radical (unpaired) electrons. The van der Waals surface area contributed by atoms with Crippen molar-refractivity contribution in [3.63, 3.8) is 0 Å². The molecule has 0 aliphatic heterocycles. The highest BCUT2D eigenvalue weighted by atomic mass is 32.2. The van der Waals surface area contributed by atoms with E-state index in [4.69, 9.17) is 14.7 Å².